The first kappa shape index (κ1) is 14.0. The molecule has 0 radical (unpaired) electrons. The fourth-order valence-corrected chi connectivity index (χ4v) is 3.21. The van der Waals surface area contributed by atoms with E-state index in [2.05, 4.69) is 26.8 Å². The molecule has 0 aliphatic carbocycles. The second-order valence-corrected chi connectivity index (χ2v) is 5.73. The fourth-order valence-electron chi connectivity index (χ4n) is 3.21. The van der Waals surface area contributed by atoms with E-state index >= 15 is 0 Å². The second-order valence-electron chi connectivity index (χ2n) is 5.73. The van der Waals surface area contributed by atoms with E-state index in [1.165, 1.54) is 13.0 Å². The van der Waals surface area contributed by atoms with Crippen molar-refractivity contribution in [1.29, 1.82) is 0 Å². The molecule has 1 atom stereocenters. The minimum absolute atomic E-state index is 0.696. The predicted octanol–water partition coefficient (Wildman–Crippen LogP) is 0.595. The van der Waals surface area contributed by atoms with Crippen molar-refractivity contribution in [1.82, 2.24) is 24.6 Å². The smallest absolute Gasteiger partial charge is 0.141 e. The Morgan fingerprint density at radius 2 is 2.15 bits per heavy atom. The molecule has 0 amide bonds. The van der Waals surface area contributed by atoms with Gasteiger partial charge in [-0.25, -0.2) is 9.67 Å². The molecule has 2 aliphatic rings. The topological polar surface area (TPSA) is 46.4 Å². The van der Waals surface area contributed by atoms with Crippen LogP contribution < -0.4 is 0 Å². The van der Waals surface area contributed by atoms with Gasteiger partial charge >= 0.3 is 0 Å². The van der Waals surface area contributed by atoms with Crippen LogP contribution in [-0.4, -0.2) is 70.0 Å². The van der Waals surface area contributed by atoms with E-state index in [9.17, 15) is 0 Å². The highest BCUT2D eigenvalue weighted by molar-refractivity contribution is 4.90. The Bertz CT molecular complexity index is 415. The Morgan fingerprint density at radius 1 is 1.30 bits per heavy atom. The van der Waals surface area contributed by atoms with Gasteiger partial charge in [0.2, 0.25) is 0 Å². The molecule has 1 aromatic heterocycles. The average Bonchev–Trinajstić information content (AvgIpc) is 3.11. The van der Waals surface area contributed by atoms with Crippen molar-refractivity contribution in [3.63, 3.8) is 0 Å². The van der Waals surface area contributed by atoms with Crippen LogP contribution in [0.5, 0.6) is 0 Å². The van der Waals surface area contributed by atoms with Gasteiger partial charge in [0.1, 0.15) is 12.2 Å². The number of hydrogen-bond donors (Lipinski definition) is 0. The minimum atomic E-state index is 0.696. The molecule has 3 rings (SSSR count). The van der Waals surface area contributed by atoms with Gasteiger partial charge in [0, 0.05) is 38.8 Å². The van der Waals surface area contributed by atoms with Crippen LogP contribution >= 0.6 is 0 Å². The summed E-state index contributed by atoms with van der Waals surface area (Å²) in [6.45, 7) is 10.4. The van der Waals surface area contributed by atoms with Gasteiger partial charge in [-0.3, -0.25) is 9.80 Å². The summed E-state index contributed by atoms with van der Waals surface area (Å²) in [6, 6.07) is 0.696. The number of nitrogens with zero attached hydrogens (tertiary/aromatic N) is 5. The summed E-state index contributed by atoms with van der Waals surface area (Å²) >= 11 is 0. The largest absolute Gasteiger partial charge is 0.379 e. The third-order valence-electron chi connectivity index (χ3n) is 4.31. The molecule has 0 bridgehead atoms. The highest BCUT2D eigenvalue weighted by Gasteiger charge is 2.29. The maximum atomic E-state index is 5.44. The zero-order valence-corrected chi connectivity index (χ0v) is 12.4. The Hall–Kier alpha value is -0.980. The molecule has 0 spiro atoms. The fraction of sp³-hybridized carbons (Fsp3) is 0.857. The standard InChI is InChI=1S/C14H25N5O/c1-2-4-19-14(15-12-16-19)11-17-5-3-13(10-17)18-6-8-20-9-7-18/h12-13H,2-11H2,1H3. The maximum absolute atomic E-state index is 5.44. The van der Waals surface area contributed by atoms with E-state index in [-0.39, 0.29) is 0 Å². The molecule has 2 aliphatic heterocycles. The number of hydrogen-bond acceptors (Lipinski definition) is 5. The summed E-state index contributed by atoms with van der Waals surface area (Å²) in [5.74, 6) is 1.11. The van der Waals surface area contributed by atoms with E-state index in [0.29, 0.717) is 6.04 Å². The van der Waals surface area contributed by atoms with Gasteiger partial charge in [-0.1, -0.05) is 6.92 Å². The van der Waals surface area contributed by atoms with Crippen LogP contribution in [0.1, 0.15) is 25.6 Å². The highest BCUT2D eigenvalue weighted by atomic mass is 16.5. The molecule has 6 heteroatoms. The predicted molar refractivity (Wildman–Crippen MR) is 76.4 cm³/mol. The summed E-state index contributed by atoms with van der Waals surface area (Å²) in [5.41, 5.74) is 0. The van der Waals surface area contributed by atoms with Crippen molar-refractivity contribution in [2.45, 2.75) is 38.9 Å². The Morgan fingerprint density at radius 3 is 2.95 bits per heavy atom. The van der Waals surface area contributed by atoms with Gasteiger partial charge in [-0.2, -0.15) is 5.10 Å². The molecule has 1 unspecified atom stereocenters. The number of rotatable bonds is 5. The Labute approximate surface area is 120 Å². The Kier molecular flexibility index (Phi) is 4.65. The van der Waals surface area contributed by atoms with Crippen molar-refractivity contribution < 1.29 is 4.74 Å². The molecule has 3 heterocycles. The number of ether oxygens (including phenoxy) is 1. The highest BCUT2D eigenvalue weighted by Crippen LogP contribution is 2.18. The van der Waals surface area contributed by atoms with Crippen molar-refractivity contribution in [2.24, 2.45) is 0 Å². The van der Waals surface area contributed by atoms with E-state index in [1.807, 2.05) is 4.68 Å². The summed E-state index contributed by atoms with van der Waals surface area (Å²) in [7, 11) is 0. The molecular formula is C14H25N5O. The number of likely N-dealkylation sites (tertiary alicyclic amines) is 1. The monoisotopic (exact) mass is 279 g/mol. The van der Waals surface area contributed by atoms with Gasteiger partial charge in [0.05, 0.1) is 19.8 Å². The van der Waals surface area contributed by atoms with Crippen molar-refractivity contribution >= 4 is 0 Å². The van der Waals surface area contributed by atoms with Gasteiger partial charge in [-0.05, 0) is 12.8 Å². The molecule has 0 saturated carbocycles. The first-order chi connectivity index (χ1) is 9.86. The van der Waals surface area contributed by atoms with E-state index < -0.39 is 0 Å². The summed E-state index contributed by atoms with van der Waals surface area (Å²) in [4.78, 5) is 9.51. The van der Waals surface area contributed by atoms with E-state index in [0.717, 1.165) is 58.2 Å². The lowest BCUT2D eigenvalue weighted by atomic mass is 10.2. The van der Waals surface area contributed by atoms with Crippen LogP contribution in [0, 0.1) is 0 Å². The van der Waals surface area contributed by atoms with Crippen molar-refractivity contribution in [3.05, 3.63) is 12.2 Å². The van der Waals surface area contributed by atoms with E-state index in [1.54, 1.807) is 6.33 Å². The first-order valence-electron chi connectivity index (χ1n) is 7.77. The summed E-state index contributed by atoms with van der Waals surface area (Å²) in [5, 5.41) is 4.31. The molecule has 0 N–H and O–H groups in total. The van der Waals surface area contributed by atoms with Crippen LogP contribution in [0.25, 0.3) is 0 Å². The quantitative estimate of drug-likeness (QED) is 0.789. The number of aryl methyl sites for hydroxylation is 1. The zero-order chi connectivity index (χ0) is 13.8. The van der Waals surface area contributed by atoms with Gasteiger partial charge < -0.3 is 4.74 Å². The SMILES string of the molecule is CCCn1ncnc1CN1CCC(N2CCOCC2)C1. The molecule has 6 nitrogen and oxygen atoms in total. The average molecular weight is 279 g/mol. The second kappa shape index (κ2) is 6.65. The van der Waals surface area contributed by atoms with Gasteiger partial charge in [0.25, 0.3) is 0 Å². The molecule has 2 saturated heterocycles. The minimum Gasteiger partial charge on any atom is -0.379 e. The van der Waals surface area contributed by atoms with Crippen molar-refractivity contribution in [2.75, 3.05) is 39.4 Å². The third-order valence-corrected chi connectivity index (χ3v) is 4.31. The lowest BCUT2D eigenvalue weighted by Gasteiger charge is -2.32. The van der Waals surface area contributed by atoms with Crippen LogP contribution in [0.3, 0.4) is 0 Å². The molecule has 1 aromatic rings. The molecular weight excluding hydrogens is 254 g/mol. The first-order valence-corrected chi connectivity index (χ1v) is 7.77. The van der Waals surface area contributed by atoms with E-state index in [4.69, 9.17) is 4.74 Å². The van der Waals surface area contributed by atoms with Crippen LogP contribution in [0.15, 0.2) is 6.33 Å². The van der Waals surface area contributed by atoms with Crippen LogP contribution in [0.2, 0.25) is 0 Å². The number of aromatic nitrogens is 3. The lowest BCUT2D eigenvalue weighted by Crippen LogP contribution is -2.44. The molecule has 112 valence electrons. The molecule has 20 heavy (non-hydrogen) atoms. The summed E-state index contributed by atoms with van der Waals surface area (Å²) in [6.07, 6.45) is 4.05. The van der Waals surface area contributed by atoms with Crippen molar-refractivity contribution in [3.8, 4) is 0 Å². The maximum Gasteiger partial charge on any atom is 0.141 e. The van der Waals surface area contributed by atoms with Gasteiger partial charge in [0.15, 0.2) is 0 Å². The van der Waals surface area contributed by atoms with Crippen LogP contribution in [0.4, 0.5) is 0 Å². The summed E-state index contributed by atoms with van der Waals surface area (Å²) < 4.78 is 7.48. The third kappa shape index (κ3) is 3.19. The lowest BCUT2D eigenvalue weighted by molar-refractivity contribution is 0.0183. The number of morpholine rings is 1. The van der Waals surface area contributed by atoms with Crippen LogP contribution in [-0.2, 0) is 17.8 Å². The Balaban J connectivity index is 1.53. The van der Waals surface area contributed by atoms with Gasteiger partial charge in [-0.15, -0.1) is 0 Å². The zero-order valence-electron chi connectivity index (χ0n) is 12.4. The molecule has 0 aromatic carbocycles. The normalized spacial score (nSPS) is 25.4. The molecule has 2 fully saturated rings.